The smallest absolute Gasteiger partial charge is 0.274 e. The number of hydrogen-bond donors (Lipinski definition) is 1. The van der Waals surface area contributed by atoms with Crippen LogP contribution in [-0.4, -0.2) is 28.1 Å². The number of amides is 1. The highest BCUT2D eigenvalue weighted by Gasteiger charge is 2.14. The largest absolute Gasteiger partial charge is 0.339 e. The fourth-order valence-electron chi connectivity index (χ4n) is 2.35. The summed E-state index contributed by atoms with van der Waals surface area (Å²) in [5, 5.41) is 11.3. The lowest BCUT2D eigenvalue weighted by molar-refractivity contribution is 0.0778. The molecule has 1 amide bonds. The Labute approximate surface area is 154 Å². The van der Waals surface area contributed by atoms with Crippen molar-refractivity contribution < 1.29 is 4.79 Å². The quantitative estimate of drug-likeness (QED) is 0.699. The van der Waals surface area contributed by atoms with Gasteiger partial charge < -0.3 is 10.2 Å². The summed E-state index contributed by atoms with van der Waals surface area (Å²) >= 11 is 3.42. The Morgan fingerprint density at radius 1 is 1.04 bits per heavy atom. The SMILES string of the molecule is CN(Cc1ccccc1)C(=O)c1ccc(Nc2cccc(Br)c2)nn1. The molecule has 6 heteroatoms. The number of nitrogens with one attached hydrogen (secondary N) is 1. The van der Waals surface area contributed by atoms with Crippen LogP contribution in [-0.2, 0) is 6.54 Å². The molecule has 3 rings (SSSR count). The Hall–Kier alpha value is -2.73. The summed E-state index contributed by atoms with van der Waals surface area (Å²) in [5.74, 6) is 0.422. The fraction of sp³-hybridized carbons (Fsp3) is 0.105. The first-order valence-electron chi connectivity index (χ1n) is 7.77. The van der Waals surface area contributed by atoms with E-state index in [9.17, 15) is 4.79 Å². The lowest BCUT2D eigenvalue weighted by atomic mass is 10.2. The van der Waals surface area contributed by atoms with Crippen molar-refractivity contribution >= 4 is 33.3 Å². The molecule has 0 spiro atoms. The average Bonchev–Trinajstić information content (AvgIpc) is 2.62. The fourth-order valence-corrected chi connectivity index (χ4v) is 2.75. The van der Waals surface area contributed by atoms with E-state index in [4.69, 9.17) is 0 Å². The van der Waals surface area contributed by atoms with Crippen molar-refractivity contribution in [1.82, 2.24) is 15.1 Å². The van der Waals surface area contributed by atoms with Crippen molar-refractivity contribution in [3.8, 4) is 0 Å². The van der Waals surface area contributed by atoms with Gasteiger partial charge in [0.15, 0.2) is 11.5 Å². The molecule has 0 unspecified atom stereocenters. The van der Waals surface area contributed by atoms with Crippen LogP contribution in [0.3, 0.4) is 0 Å². The second kappa shape index (κ2) is 7.90. The molecule has 0 saturated carbocycles. The van der Waals surface area contributed by atoms with Gasteiger partial charge in [-0.2, -0.15) is 0 Å². The van der Waals surface area contributed by atoms with Crippen molar-refractivity contribution in [1.29, 1.82) is 0 Å². The van der Waals surface area contributed by atoms with E-state index >= 15 is 0 Å². The zero-order chi connectivity index (χ0) is 17.6. The predicted octanol–water partition coefficient (Wildman–Crippen LogP) is 4.25. The Morgan fingerprint density at radius 3 is 2.52 bits per heavy atom. The van der Waals surface area contributed by atoms with Crippen LogP contribution < -0.4 is 5.32 Å². The summed E-state index contributed by atoms with van der Waals surface area (Å²) in [5.41, 5.74) is 2.28. The molecule has 0 bridgehead atoms. The maximum atomic E-state index is 12.5. The number of aromatic nitrogens is 2. The van der Waals surface area contributed by atoms with Crippen molar-refractivity contribution in [3.63, 3.8) is 0 Å². The van der Waals surface area contributed by atoms with Crippen molar-refractivity contribution in [2.75, 3.05) is 12.4 Å². The van der Waals surface area contributed by atoms with Crippen LogP contribution in [0.15, 0.2) is 71.2 Å². The Morgan fingerprint density at radius 2 is 1.84 bits per heavy atom. The molecule has 5 nitrogen and oxygen atoms in total. The maximum absolute atomic E-state index is 12.5. The summed E-state index contributed by atoms with van der Waals surface area (Å²) in [7, 11) is 1.75. The monoisotopic (exact) mass is 396 g/mol. The highest BCUT2D eigenvalue weighted by Crippen LogP contribution is 2.19. The normalized spacial score (nSPS) is 10.3. The minimum absolute atomic E-state index is 0.162. The van der Waals surface area contributed by atoms with E-state index < -0.39 is 0 Å². The van der Waals surface area contributed by atoms with Gasteiger partial charge in [-0.25, -0.2) is 0 Å². The zero-order valence-corrected chi connectivity index (χ0v) is 15.3. The van der Waals surface area contributed by atoms with Gasteiger partial charge in [-0.3, -0.25) is 4.79 Å². The van der Waals surface area contributed by atoms with Gasteiger partial charge in [-0.05, 0) is 35.9 Å². The van der Waals surface area contributed by atoms with Gasteiger partial charge in [0, 0.05) is 23.8 Å². The number of nitrogens with zero attached hydrogens (tertiary/aromatic N) is 3. The minimum atomic E-state index is -0.162. The molecule has 3 aromatic rings. The first kappa shape index (κ1) is 17.1. The number of carbonyl (C=O) groups is 1. The highest BCUT2D eigenvalue weighted by atomic mass is 79.9. The summed E-state index contributed by atoms with van der Waals surface area (Å²) in [4.78, 5) is 14.1. The molecule has 2 aromatic carbocycles. The third-order valence-corrected chi connectivity index (χ3v) is 4.08. The number of rotatable bonds is 5. The number of benzene rings is 2. The lowest BCUT2D eigenvalue weighted by Crippen LogP contribution is -2.27. The van der Waals surface area contributed by atoms with Crippen molar-refractivity contribution in [3.05, 3.63) is 82.5 Å². The molecule has 0 atom stereocenters. The van der Waals surface area contributed by atoms with Crippen LogP contribution in [0.2, 0.25) is 0 Å². The molecule has 0 saturated heterocycles. The molecular weight excluding hydrogens is 380 g/mol. The van der Waals surface area contributed by atoms with Gasteiger partial charge in [0.2, 0.25) is 0 Å². The predicted molar refractivity (Wildman–Crippen MR) is 102 cm³/mol. The lowest BCUT2D eigenvalue weighted by Gasteiger charge is -2.16. The molecule has 0 aliphatic rings. The van der Waals surface area contributed by atoms with Gasteiger partial charge in [-0.1, -0.05) is 52.3 Å². The van der Waals surface area contributed by atoms with Crippen molar-refractivity contribution in [2.24, 2.45) is 0 Å². The van der Waals surface area contributed by atoms with Crippen LogP contribution in [0.5, 0.6) is 0 Å². The Balaban J connectivity index is 1.66. The molecule has 0 aliphatic heterocycles. The Bertz CT molecular complexity index is 853. The maximum Gasteiger partial charge on any atom is 0.274 e. The molecular formula is C19H17BrN4O. The second-order valence-electron chi connectivity index (χ2n) is 5.59. The number of anilines is 2. The minimum Gasteiger partial charge on any atom is -0.339 e. The number of halogens is 1. The van der Waals surface area contributed by atoms with Crippen LogP contribution in [0, 0.1) is 0 Å². The standard InChI is InChI=1S/C19H17BrN4O/c1-24(13-14-6-3-2-4-7-14)19(25)17-10-11-18(23-22-17)21-16-9-5-8-15(20)12-16/h2-12H,13H2,1H3,(H,21,23). The van der Waals surface area contributed by atoms with Crippen LogP contribution in [0.25, 0.3) is 0 Å². The molecule has 25 heavy (non-hydrogen) atoms. The molecule has 0 aliphatic carbocycles. The summed E-state index contributed by atoms with van der Waals surface area (Å²) in [6.07, 6.45) is 0. The van der Waals surface area contributed by atoms with E-state index in [-0.39, 0.29) is 5.91 Å². The zero-order valence-electron chi connectivity index (χ0n) is 13.7. The van der Waals surface area contributed by atoms with E-state index in [1.54, 1.807) is 24.1 Å². The van der Waals surface area contributed by atoms with Gasteiger partial charge in [0.25, 0.3) is 5.91 Å². The van der Waals surface area contributed by atoms with Gasteiger partial charge in [-0.15, -0.1) is 10.2 Å². The molecule has 126 valence electrons. The summed E-state index contributed by atoms with van der Waals surface area (Å²) < 4.78 is 0.972. The van der Waals surface area contributed by atoms with E-state index in [0.29, 0.717) is 18.1 Å². The van der Waals surface area contributed by atoms with Crippen LogP contribution in [0.1, 0.15) is 16.1 Å². The summed E-state index contributed by atoms with van der Waals surface area (Å²) in [6, 6.07) is 21.0. The van der Waals surface area contributed by atoms with Crippen LogP contribution in [0.4, 0.5) is 11.5 Å². The number of hydrogen-bond acceptors (Lipinski definition) is 4. The second-order valence-corrected chi connectivity index (χ2v) is 6.50. The third kappa shape index (κ3) is 4.64. The molecule has 1 heterocycles. The topological polar surface area (TPSA) is 58.1 Å². The molecule has 1 N–H and O–H groups in total. The van der Waals surface area contributed by atoms with Gasteiger partial charge >= 0.3 is 0 Å². The van der Waals surface area contributed by atoms with Gasteiger partial charge in [0.05, 0.1) is 0 Å². The molecule has 1 aromatic heterocycles. The van der Waals surface area contributed by atoms with Crippen molar-refractivity contribution in [2.45, 2.75) is 6.54 Å². The molecule has 0 fully saturated rings. The van der Waals surface area contributed by atoms with E-state index in [1.165, 1.54) is 0 Å². The van der Waals surface area contributed by atoms with E-state index in [1.807, 2.05) is 54.6 Å². The Kier molecular flexibility index (Phi) is 5.40. The summed E-state index contributed by atoms with van der Waals surface area (Å²) in [6.45, 7) is 0.527. The van der Waals surface area contributed by atoms with Gasteiger partial charge in [0.1, 0.15) is 0 Å². The highest BCUT2D eigenvalue weighted by molar-refractivity contribution is 9.10. The first-order chi connectivity index (χ1) is 12.1. The number of carbonyl (C=O) groups excluding carboxylic acids is 1. The third-order valence-electron chi connectivity index (χ3n) is 3.59. The van der Waals surface area contributed by atoms with Crippen LogP contribution >= 0.6 is 15.9 Å². The van der Waals surface area contributed by atoms with E-state index in [0.717, 1.165) is 15.7 Å². The average molecular weight is 397 g/mol. The van der Waals surface area contributed by atoms with E-state index in [2.05, 4.69) is 31.4 Å². The first-order valence-corrected chi connectivity index (χ1v) is 8.57. The molecule has 0 radical (unpaired) electrons.